The highest BCUT2D eigenvalue weighted by molar-refractivity contribution is 6.02. The number of carbonyl (C=O) groups is 2. The van der Waals surface area contributed by atoms with Gasteiger partial charge in [0.25, 0.3) is 11.8 Å². The van der Waals surface area contributed by atoms with E-state index in [1.165, 1.54) is 12.3 Å². The maximum atomic E-state index is 13.4. The molecule has 0 bridgehead atoms. The van der Waals surface area contributed by atoms with Gasteiger partial charge in [-0.05, 0) is 48.3 Å². The second-order valence-corrected chi connectivity index (χ2v) is 13.0. The molecule has 3 aromatic rings. The first-order valence-electron chi connectivity index (χ1n) is 14.2. The summed E-state index contributed by atoms with van der Waals surface area (Å²) in [6.45, 7) is 16.4. The van der Waals surface area contributed by atoms with Crippen LogP contribution in [0.1, 0.15) is 77.4 Å². The predicted molar refractivity (Wildman–Crippen MR) is 158 cm³/mol. The van der Waals surface area contributed by atoms with Gasteiger partial charge in [0, 0.05) is 31.7 Å². The van der Waals surface area contributed by atoms with Crippen molar-refractivity contribution in [2.75, 3.05) is 11.9 Å². The summed E-state index contributed by atoms with van der Waals surface area (Å²) >= 11 is 0. The second kappa shape index (κ2) is 11.9. The van der Waals surface area contributed by atoms with Crippen LogP contribution in [0.5, 0.6) is 0 Å². The number of rotatable bonds is 8. The molecule has 1 aliphatic heterocycles. The van der Waals surface area contributed by atoms with Crippen molar-refractivity contribution >= 4 is 28.8 Å². The smallest absolute Gasteiger partial charge is 0.296 e. The Morgan fingerprint density at radius 3 is 2.61 bits per heavy atom. The van der Waals surface area contributed by atoms with E-state index in [2.05, 4.69) is 55.6 Å². The Morgan fingerprint density at radius 1 is 1.22 bits per heavy atom. The Morgan fingerprint density at radius 2 is 1.98 bits per heavy atom. The molecule has 0 aliphatic carbocycles. The minimum atomic E-state index is -0.459. The van der Waals surface area contributed by atoms with Crippen LogP contribution in [0.25, 0.3) is 11.0 Å². The summed E-state index contributed by atoms with van der Waals surface area (Å²) in [5.41, 5.74) is 2.64. The van der Waals surface area contributed by atoms with Gasteiger partial charge in [0.2, 0.25) is 11.7 Å². The van der Waals surface area contributed by atoms with Crippen molar-refractivity contribution in [2.24, 2.45) is 10.8 Å². The standard InChI is InChI=1S/C31H41N7O3/c1-20(31(5,6)7)33-18-21-10-11-25-24(15-21)35-29(36-27(39)26-12-13-34-41-26)38(25)19-23-9-8-14-37(23)28(40)22(17-32)16-30(2,3)4/h10-13,15-16,20,23,33H,8-9,14,18-19H2,1-7H3,(H,35,36,39)/t20-,23+/m0/s1. The molecule has 10 heteroatoms. The number of allylic oxidation sites excluding steroid dienone is 1. The minimum Gasteiger partial charge on any atom is -0.351 e. The van der Waals surface area contributed by atoms with Crippen LogP contribution in [0.3, 0.4) is 0 Å². The molecule has 3 heterocycles. The number of anilines is 1. The van der Waals surface area contributed by atoms with Crippen LogP contribution < -0.4 is 10.6 Å². The molecule has 0 spiro atoms. The predicted octanol–water partition coefficient (Wildman–Crippen LogP) is 5.29. The van der Waals surface area contributed by atoms with E-state index in [0.717, 1.165) is 29.4 Å². The van der Waals surface area contributed by atoms with Gasteiger partial charge in [-0.1, -0.05) is 58.8 Å². The first-order valence-corrected chi connectivity index (χ1v) is 14.2. The van der Waals surface area contributed by atoms with E-state index < -0.39 is 5.91 Å². The van der Waals surface area contributed by atoms with Crippen molar-refractivity contribution in [3.8, 4) is 6.07 Å². The Kier molecular flexibility index (Phi) is 8.69. The first-order chi connectivity index (χ1) is 19.3. The lowest BCUT2D eigenvalue weighted by atomic mass is 9.88. The zero-order valence-electron chi connectivity index (χ0n) is 25.1. The summed E-state index contributed by atoms with van der Waals surface area (Å²) in [5, 5.41) is 19.8. The molecule has 0 saturated carbocycles. The molecular formula is C31H41N7O3. The van der Waals surface area contributed by atoms with Crippen LogP contribution in [0, 0.1) is 22.2 Å². The fraction of sp³-hybridized carbons (Fsp3) is 0.516. The normalized spacial score (nSPS) is 17.1. The first kappa shape index (κ1) is 30.0. The van der Waals surface area contributed by atoms with E-state index in [4.69, 9.17) is 9.51 Å². The highest BCUT2D eigenvalue weighted by Crippen LogP contribution is 2.28. The minimum absolute atomic E-state index is 0.0771. The molecule has 4 rings (SSSR count). The molecule has 2 amide bonds. The number of imidazole rings is 1. The Hall–Kier alpha value is -3.97. The van der Waals surface area contributed by atoms with E-state index in [9.17, 15) is 14.9 Å². The second-order valence-electron chi connectivity index (χ2n) is 13.0. The third kappa shape index (κ3) is 7.22. The zero-order valence-corrected chi connectivity index (χ0v) is 25.1. The van der Waals surface area contributed by atoms with Gasteiger partial charge in [-0.3, -0.25) is 14.9 Å². The fourth-order valence-electron chi connectivity index (χ4n) is 4.87. The van der Waals surface area contributed by atoms with Crippen molar-refractivity contribution < 1.29 is 14.1 Å². The third-order valence-electron chi connectivity index (χ3n) is 7.57. The van der Waals surface area contributed by atoms with Crippen molar-refractivity contribution in [3.63, 3.8) is 0 Å². The van der Waals surface area contributed by atoms with Crippen LogP contribution in [-0.4, -0.2) is 50.1 Å². The van der Waals surface area contributed by atoms with Crippen LogP contribution in [0.15, 0.2) is 46.6 Å². The lowest BCUT2D eigenvalue weighted by molar-refractivity contribution is -0.127. The maximum absolute atomic E-state index is 13.4. The third-order valence-corrected chi connectivity index (χ3v) is 7.57. The molecule has 1 aromatic carbocycles. The largest absolute Gasteiger partial charge is 0.351 e. The lowest BCUT2D eigenvalue weighted by Gasteiger charge is -2.28. The quantitative estimate of drug-likeness (QED) is 0.283. The van der Waals surface area contributed by atoms with Crippen molar-refractivity contribution in [1.82, 2.24) is 24.9 Å². The summed E-state index contributed by atoms with van der Waals surface area (Å²) in [5.74, 6) is -0.282. The van der Waals surface area contributed by atoms with Crippen molar-refractivity contribution in [1.29, 1.82) is 5.26 Å². The summed E-state index contributed by atoms with van der Waals surface area (Å²) in [4.78, 5) is 32.9. The number of nitrogens with zero attached hydrogens (tertiary/aromatic N) is 5. The molecule has 0 unspecified atom stereocenters. The van der Waals surface area contributed by atoms with Gasteiger partial charge in [0.05, 0.1) is 23.3 Å². The highest BCUT2D eigenvalue weighted by atomic mass is 16.5. The molecule has 1 fully saturated rings. The molecule has 2 atom stereocenters. The molecular weight excluding hydrogens is 518 g/mol. The monoisotopic (exact) mass is 559 g/mol. The average molecular weight is 560 g/mol. The lowest BCUT2D eigenvalue weighted by Crippen LogP contribution is -2.39. The summed E-state index contributed by atoms with van der Waals surface area (Å²) in [6, 6.07) is 9.83. The van der Waals surface area contributed by atoms with Crippen LogP contribution in [0.4, 0.5) is 5.95 Å². The number of hydrogen-bond acceptors (Lipinski definition) is 7. The van der Waals surface area contributed by atoms with Crippen LogP contribution >= 0.6 is 0 Å². The van der Waals surface area contributed by atoms with Gasteiger partial charge >= 0.3 is 0 Å². The van der Waals surface area contributed by atoms with Gasteiger partial charge in [0.1, 0.15) is 11.6 Å². The molecule has 1 aliphatic rings. The zero-order chi connectivity index (χ0) is 29.9. The molecule has 2 N–H and O–H groups in total. The maximum Gasteiger partial charge on any atom is 0.296 e. The van der Waals surface area contributed by atoms with E-state index in [0.29, 0.717) is 31.6 Å². The summed E-state index contributed by atoms with van der Waals surface area (Å²) in [7, 11) is 0. The number of likely N-dealkylation sites (tertiary alicyclic amines) is 1. The van der Waals surface area contributed by atoms with Crippen molar-refractivity contribution in [3.05, 3.63) is 53.4 Å². The van der Waals surface area contributed by atoms with Crippen LogP contribution in [-0.2, 0) is 17.9 Å². The summed E-state index contributed by atoms with van der Waals surface area (Å²) < 4.78 is 6.98. The van der Waals surface area contributed by atoms with E-state index in [1.54, 1.807) is 11.0 Å². The molecule has 41 heavy (non-hydrogen) atoms. The molecule has 0 radical (unpaired) electrons. The average Bonchev–Trinajstić information content (AvgIpc) is 3.65. The van der Waals surface area contributed by atoms with Crippen molar-refractivity contribution in [2.45, 2.75) is 86.5 Å². The Bertz CT molecular complexity index is 1470. The van der Waals surface area contributed by atoms with Gasteiger partial charge in [0.15, 0.2) is 0 Å². The Labute approximate surface area is 241 Å². The van der Waals surface area contributed by atoms with Gasteiger partial charge < -0.3 is 19.3 Å². The summed E-state index contributed by atoms with van der Waals surface area (Å²) in [6.07, 6.45) is 4.76. The number of benzene rings is 1. The number of carbonyl (C=O) groups excluding carboxylic acids is 2. The molecule has 2 aromatic heterocycles. The number of nitrogens with one attached hydrogen (secondary N) is 2. The highest BCUT2D eigenvalue weighted by Gasteiger charge is 2.33. The number of amides is 2. The fourth-order valence-corrected chi connectivity index (χ4v) is 4.87. The number of aromatic nitrogens is 3. The van der Waals surface area contributed by atoms with E-state index in [-0.39, 0.29) is 34.1 Å². The Balaban J connectivity index is 1.65. The molecule has 10 nitrogen and oxygen atoms in total. The number of fused-ring (bicyclic) bond motifs is 1. The molecule has 1 saturated heterocycles. The van der Waals surface area contributed by atoms with Gasteiger partial charge in [-0.15, -0.1) is 0 Å². The van der Waals surface area contributed by atoms with Gasteiger partial charge in [-0.25, -0.2) is 4.98 Å². The number of nitriles is 1. The number of hydrogen-bond donors (Lipinski definition) is 2. The topological polar surface area (TPSA) is 129 Å². The van der Waals surface area contributed by atoms with Crippen LogP contribution in [0.2, 0.25) is 0 Å². The van der Waals surface area contributed by atoms with Gasteiger partial charge in [-0.2, -0.15) is 5.26 Å². The van der Waals surface area contributed by atoms with E-state index >= 15 is 0 Å². The molecule has 218 valence electrons. The SMILES string of the molecule is C[C@H](NCc1ccc2c(c1)nc(NC(=O)c1ccno1)n2C[C@H]1CCCN1C(=O)C(C#N)=CC(C)(C)C)C(C)(C)C. The van der Waals surface area contributed by atoms with E-state index in [1.807, 2.05) is 37.5 Å².